The van der Waals surface area contributed by atoms with Crippen LogP contribution in [0.25, 0.3) is 10.3 Å². The predicted molar refractivity (Wildman–Crippen MR) is 107 cm³/mol. The predicted octanol–water partition coefficient (Wildman–Crippen LogP) is 3.66. The molecule has 0 saturated heterocycles. The van der Waals surface area contributed by atoms with E-state index in [9.17, 15) is 5.11 Å². The van der Waals surface area contributed by atoms with E-state index in [1.165, 1.54) is 29.7 Å². The van der Waals surface area contributed by atoms with Gasteiger partial charge in [0.25, 0.3) is 0 Å². The first kappa shape index (κ1) is 17.5. The van der Waals surface area contributed by atoms with E-state index in [1.54, 1.807) is 11.8 Å². The van der Waals surface area contributed by atoms with Gasteiger partial charge in [-0.05, 0) is 18.4 Å². The largest absolute Gasteiger partial charge is 0.376 e. The summed E-state index contributed by atoms with van der Waals surface area (Å²) in [4.78, 5) is 15.7. The second kappa shape index (κ2) is 7.77. The summed E-state index contributed by atoms with van der Waals surface area (Å²) >= 11 is 2.96. The molecule has 2 aromatic heterocycles. The molecule has 1 fully saturated rings. The molecule has 3 N–H and O–H groups in total. The summed E-state index contributed by atoms with van der Waals surface area (Å²) in [5.74, 6) is 1.54. The van der Waals surface area contributed by atoms with Gasteiger partial charge in [0.2, 0.25) is 0 Å². The molecule has 1 aliphatic rings. The number of hydrogen-bond acceptors (Lipinski definition) is 8. The normalized spacial score (nSPS) is 15.0. The third kappa shape index (κ3) is 3.62. The lowest BCUT2D eigenvalue weighted by atomic mass is 10.2. The summed E-state index contributed by atoms with van der Waals surface area (Å²) in [5.41, 5.74) is 7.75. The number of rotatable bonds is 6. The summed E-state index contributed by atoms with van der Waals surface area (Å²) in [7, 11) is 0. The van der Waals surface area contributed by atoms with Gasteiger partial charge >= 0.3 is 0 Å². The van der Waals surface area contributed by atoms with E-state index in [0.29, 0.717) is 22.0 Å². The zero-order chi connectivity index (χ0) is 17.9. The molecule has 26 heavy (non-hydrogen) atoms. The number of thioether (sulfide) groups is 1. The standard InChI is InChI=1S/C18H21N5OS2/c19-17-20-15-14(26-17)16(23(11-24)13-8-4-5-9-13)22-18(21-15)25-10-12-6-2-1-3-7-12/h1-3,6-7,13,24H,4-5,8-11H2,(H2,19,20,21,22). The summed E-state index contributed by atoms with van der Waals surface area (Å²) in [6, 6.07) is 10.6. The molecule has 0 unspecified atom stereocenters. The molecule has 1 aromatic carbocycles. The highest BCUT2D eigenvalue weighted by atomic mass is 32.2. The van der Waals surface area contributed by atoms with Crippen LogP contribution in [0.5, 0.6) is 0 Å². The van der Waals surface area contributed by atoms with Gasteiger partial charge in [0.15, 0.2) is 21.8 Å². The average molecular weight is 388 g/mol. The molecule has 4 rings (SSSR count). The molecule has 0 bridgehead atoms. The smallest absolute Gasteiger partial charge is 0.191 e. The Balaban J connectivity index is 1.68. The number of nitrogens with zero attached hydrogens (tertiary/aromatic N) is 4. The van der Waals surface area contributed by atoms with Crippen LogP contribution >= 0.6 is 23.1 Å². The molecule has 2 heterocycles. The average Bonchev–Trinajstić information content (AvgIpc) is 3.30. The molecule has 0 spiro atoms. The highest BCUT2D eigenvalue weighted by molar-refractivity contribution is 7.98. The number of aliphatic hydroxyl groups is 1. The van der Waals surface area contributed by atoms with Crippen molar-refractivity contribution in [3.63, 3.8) is 0 Å². The zero-order valence-electron chi connectivity index (χ0n) is 14.3. The van der Waals surface area contributed by atoms with Crippen molar-refractivity contribution in [3.05, 3.63) is 35.9 Å². The van der Waals surface area contributed by atoms with Crippen molar-refractivity contribution in [1.29, 1.82) is 0 Å². The van der Waals surface area contributed by atoms with Gasteiger partial charge in [-0.15, -0.1) is 0 Å². The van der Waals surface area contributed by atoms with Crippen molar-refractivity contribution >= 4 is 44.4 Å². The van der Waals surface area contributed by atoms with Crippen LogP contribution in [-0.2, 0) is 5.75 Å². The lowest BCUT2D eigenvalue weighted by Crippen LogP contribution is -2.35. The molecule has 136 valence electrons. The van der Waals surface area contributed by atoms with Gasteiger partial charge in [0, 0.05) is 11.8 Å². The number of thiazole rings is 1. The van der Waals surface area contributed by atoms with Crippen LogP contribution in [0.15, 0.2) is 35.5 Å². The third-order valence-corrected chi connectivity index (χ3v) is 6.42. The van der Waals surface area contributed by atoms with Crippen molar-refractivity contribution in [2.75, 3.05) is 17.4 Å². The Labute approximate surface area is 160 Å². The van der Waals surface area contributed by atoms with Crippen LogP contribution < -0.4 is 10.6 Å². The second-order valence-electron chi connectivity index (χ2n) is 6.36. The lowest BCUT2D eigenvalue weighted by Gasteiger charge is -2.28. The van der Waals surface area contributed by atoms with Gasteiger partial charge in [-0.1, -0.05) is 66.3 Å². The number of benzene rings is 1. The molecular formula is C18H21N5OS2. The topological polar surface area (TPSA) is 88.2 Å². The molecule has 0 atom stereocenters. The van der Waals surface area contributed by atoms with Gasteiger partial charge in [-0.3, -0.25) is 0 Å². The molecular weight excluding hydrogens is 366 g/mol. The Hall–Kier alpha value is -1.90. The minimum Gasteiger partial charge on any atom is -0.376 e. The zero-order valence-corrected chi connectivity index (χ0v) is 16.0. The summed E-state index contributed by atoms with van der Waals surface area (Å²) < 4.78 is 0.854. The number of hydrogen-bond donors (Lipinski definition) is 2. The Bertz CT molecular complexity index is 880. The van der Waals surface area contributed by atoms with Crippen LogP contribution in [0.4, 0.5) is 10.9 Å². The van der Waals surface area contributed by atoms with Crippen molar-refractivity contribution in [2.24, 2.45) is 0 Å². The Morgan fingerprint density at radius 3 is 2.65 bits per heavy atom. The molecule has 8 heteroatoms. The Kier molecular flexibility index (Phi) is 5.23. The molecule has 0 aliphatic heterocycles. The van der Waals surface area contributed by atoms with Crippen LogP contribution in [0, 0.1) is 0 Å². The number of anilines is 2. The van der Waals surface area contributed by atoms with Gasteiger partial charge in [-0.25, -0.2) is 15.0 Å². The fourth-order valence-electron chi connectivity index (χ4n) is 3.36. The van der Waals surface area contributed by atoms with Gasteiger partial charge in [0.1, 0.15) is 11.4 Å². The van der Waals surface area contributed by atoms with Crippen LogP contribution in [0.1, 0.15) is 31.2 Å². The van der Waals surface area contributed by atoms with Crippen LogP contribution in [-0.4, -0.2) is 32.8 Å². The maximum absolute atomic E-state index is 10.0. The van der Waals surface area contributed by atoms with Crippen molar-refractivity contribution in [1.82, 2.24) is 15.0 Å². The van der Waals surface area contributed by atoms with Crippen LogP contribution in [0.2, 0.25) is 0 Å². The van der Waals surface area contributed by atoms with Crippen molar-refractivity contribution in [2.45, 2.75) is 42.6 Å². The molecule has 0 radical (unpaired) electrons. The second-order valence-corrected chi connectivity index (χ2v) is 8.33. The summed E-state index contributed by atoms with van der Waals surface area (Å²) in [6.07, 6.45) is 4.53. The van der Waals surface area contributed by atoms with Gasteiger partial charge in [-0.2, -0.15) is 0 Å². The summed E-state index contributed by atoms with van der Waals surface area (Å²) in [6.45, 7) is -0.0582. The minimum absolute atomic E-state index is 0.0582. The molecule has 6 nitrogen and oxygen atoms in total. The van der Waals surface area contributed by atoms with E-state index in [4.69, 9.17) is 10.7 Å². The molecule has 0 amide bonds. The van der Waals surface area contributed by atoms with Crippen molar-refractivity contribution < 1.29 is 5.11 Å². The number of aromatic nitrogens is 3. The molecule has 3 aromatic rings. The number of aliphatic hydroxyl groups excluding tert-OH is 1. The van der Waals surface area contributed by atoms with Gasteiger partial charge in [0.05, 0.1) is 0 Å². The molecule has 1 aliphatic carbocycles. The maximum Gasteiger partial charge on any atom is 0.191 e. The number of fused-ring (bicyclic) bond motifs is 1. The Morgan fingerprint density at radius 2 is 1.92 bits per heavy atom. The monoisotopic (exact) mass is 387 g/mol. The quantitative estimate of drug-likeness (QED) is 0.379. The maximum atomic E-state index is 10.0. The van der Waals surface area contributed by atoms with E-state index in [-0.39, 0.29) is 6.73 Å². The fourth-order valence-corrected chi connectivity index (χ4v) is 4.93. The van der Waals surface area contributed by atoms with Gasteiger partial charge < -0.3 is 15.7 Å². The highest BCUT2D eigenvalue weighted by Gasteiger charge is 2.26. The van der Waals surface area contributed by atoms with Crippen LogP contribution in [0.3, 0.4) is 0 Å². The minimum atomic E-state index is -0.0582. The first-order valence-electron chi connectivity index (χ1n) is 8.73. The summed E-state index contributed by atoms with van der Waals surface area (Å²) in [5, 5.41) is 11.2. The van der Waals surface area contributed by atoms with E-state index in [0.717, 1.165) is 29.1 Å². The SMILES string of the molecule is Nc1nc2nc(SCc3ccccc3)nc(N(CO)C3CCCC3)c2s1. The Morgan fingerprint density at radius 1 is 1.15 bits per heavy atom. The van der Waals surface area contributed by atoms with E-state index >= 15 is 0 Å². The third-order valence-electron chi connectivity index (χ3n) is 4.63. The highest BCUT2D eigenvalue weighted by Crippen LogP contribution is 2.36. The lowest BCUT2D eigenvalue weighted by molar-refractivity contribution is 0.275. The van der Waals surface area contributed by atoms with E-state index < -0.39 is 0 Å². The molecule has 1 saturated carbocycles. The number of nitrogens with two attached hydrogens (primary N) is 1. The first-order valence-corrected chi connectivity index (χ1v) is 10.5. The fraction of sp³-hybridized carbons (Fsp3) is 0.389. The van der Waals surface area contributed by atoms with E-state index in [1.807, 2.05) is 23.1 Å². The van der Waals surface area contributed by atoms with Crippen molar-refractivity contribution in [3.8, 4) is 0 Å². The first-order chi connectivity index (χ1) is 12.7. The van der Waals surface area contributed by atoms with E-state index in [2.05, 4.69) is 22.1 Å². The number of nitrogen functional groups attached to an aromatic ring is 1.